The number of allylic oxidation sites excluding steroid dienone is 2. The molecule has 0 aliphatic carbocycles. The number of hydrogen-bond donors (Lipinski definition) is 5. The van der Waals surface area contributed by atoms with E-state index in [1.807, 2.05) is 17.6 Å². The van der Waals surface area contributed by atoms with Crippen LogP contribution in [-0.4, -0.2) is 49.8 Å². The first-order chi connectivity index (χ1) is 8.27. The average molecular weight is 277 g/mol. The van der Waals surface area contributed by atoms with Crippen molar-refractivity contribution < 1.29 is 30.0 Å². The molecule has 4 unspecified atom stereocenters. The third-order valence-electron chi connectivity index (χ3n) is 1.92. The van der Waals surface area contributed by atoms with Gasteiger partial charge in [-0.25, -0.2) is 9.59 Å². The number of carbonyl (C=O) groups is 2. The van der Waals surface area contributed by atoms with Crippen LogP contribution in [0.1, 0.15) is 6.92 Å². The molecule has 0 saturated carbocycles. The molecular formula is C10H15NO6S. The molecule has 1 aliphatic rings. The predicted octanol–water partition coefficient (Wildman–Crippen LogP) is -0.284. The van der Waals surface area contributed by atoms with Crippen LogP contribution in [0.4, 0.5) is 0 Å². The Balaban J connectivity index is 0.000000327. The molecule has 1 aliphatic heterocycles. The molecule has 0 bridgehead atoms. The van der Waals surface area contributed by atoms with E-state index in [4.69, 9.17) is 25.2 Å². The number of aliphatic hydroxyl groups excluding tert-OH is 2. The second-order valence-electron chi connectivity index (χ2n) is 3.36. The molecule has 0 saturated heterocycles. The van der Waals surface area contributed by atoms with E-state index in [2.05, 4.69) is 13.0 Å². The third kappa shape index (κ3) is 5.71. The van der Waals surface area contributed by atoms with Crippen molar-refractivity contribution in [1.29, 1.82) is 4.78 Å². The molecule has 0 spiro atoms. The Morgan fingerprint density at radius 2 is 1.61 bits per heavy atom. The second-order valence-corrected chi connectivity index (χ2v) is 5.12. The Bertz CT molecular complexity index is 374. The van der Waals surface area contributed by atoms with Gasteiger partial charge < -0.3 is 20.4 Å². The SMILES string of the molecule is CC1C=CC=CS1=N.O=C(O)C(O)C(O)C(=O)O. The van der Waals surface area contributed by atoms with Crippen molar-refractivity contribution in [1.82, 2.24) is 0 Å². The average Bonchev–Trinajstić information content (AvgIpc) is 2.31. The fourth-order valence-electron chi connectivity index (χ4n) is 0.829. The summed E-state index contributed by atoms with van der Waals surface area (Å²) in [7, 11) is -0.252. The fraction of sp³-hybridized carbons (Fsp3) is 0.400. The van der Waals surface area contributed by atoms with E-state index in [9.17, 15) is 9.59 Å². The summed E-state index contributed by atoms with van der Waals surface area (Å²) in [5.74, 6) is -3.54. The molecule has 0 aromatic carbocycles. The van der Waals surface area contributed by atoms with Gasteiger partial charge in [-0.05, 0) is 12.3 Å². The largest absolute Gasteiger partial charge is 0.479 e. The Morgan fingerprint density at radius 3 is 1.83 bits per heavy atom. The van der Waals surface area contributed by atoms with Gasteiger partial charge in [0.25, 0.3) is 0 Å². The summed E-state index contributed by atoms with van der Waals surface area (Å²) in [5.41, 5.74) is 0. The summed E-state index contributed by atoms with van der Waals surface area (Å²) in [6, 6.07) is 0. The van der Waals surface area contributed by atoms with Crippen molar-refractivity contribution in [2.24, 2.45) is 0 Å². The summed E-state index contributed by atoms with van der Waals surface area (Å²) >= 11 is 0. The van der Waals surface area contributed by atoms with Gasteiger partial charge in [0.1, 0.15) is 0 Å². The molecule has 8 heteroatoms. The van der Waals surface area contributed by atoms with Crippen molar-refractivity contribution in [3.63, 3.8) is 0 Å². The molecule has 7 nitrogen and oxygen atoms in total. The second kappa shape index (κ2) is 7.75. The van der Waals surface area contributed by atoms with Crippen LogP contribution in [0.5, 0.6) is 0 Å². The van der Waals surface area contributed by atoms with Gasteiger partial charge >= 0.3 is 11.9 Å². The molecule has 102 valence electrons. The number of carboxylic acid groups (broad SMARTS) is 2. The van der Waals surface area contributed by atoms with Gasteiger partial charge in [0, 0.05) is 5.25 Å². The highest BCUT2D eigenvalue weighted by molar-refractivity contribution is 7.89. The zero-order valence-corrected chi connectivity index (χ0v) is 10.4. The van der Waals surface area contributed by atoms with Crippen LogP contribution in [0.25, 0.3) is 0 Å². The first-order valence-corrected chi connectivity index (χ1v) is 6.22. The molecule has 1 rings (SSSR count). The normalized spacial score (nSPS) is 24.6. The highest BCUT2D eigenvalue weighted by Gasteiger charge is 2.29. The standard InChI is InChI=1S/C6H9NS.C4H6O6/c1-6-4-2-3-5-8(6)7;5-1(3(7)8)2(6)4(9)10/h2-7H,1H3;1-2,5-6H,(H,7,8)(H,9,10). The zero-order valence-electron chi connectivity index (χ0n) is 9.56. The van der Waals surface area contributed by atoms with E-state index in [0.717, 1.165) is 0 Å². The Morgan fingerprint density at radius 1 is 1.17 bits per heavy atom. The van der Waals surface area contributed by atoms with E-state index in [-0.39, 0.29) is 10.7 Å². The molecule has 0 aromatic rings. The minimum atomic E-state index is -2.27. The van der Waals surface area contributed by atoms with Gasteiger partial charge in [-0.2, -0.15) is 0 Å². The molecule has 0 aromatic heterocycles. The van der Waals surface area contributed by atoms with Gasteiger partial charge in [-0.3, -0.25) is 4.78 Å². The van der Waals surface area contributed by atoms with Gasteiger partial charge in [-0.1, -0.05) is 28.9 Å². The molecule has 1 heterocycles. The zero-order chi connectivity index (χ0) is 14.3. The van der Waals surface area contributed by atoms with Gasteiger partial charge in [-0.15, -0.1) is 0 Å². The molecule has 0 radical (unpaired) electrons. The third-order valence-corrected chi connectivity index (χ3v) is 3.33. The van der Waals surface area contributed by atoms with Crippen molar-refractivity contribution in [2.75, 3.05) is 0 Å². The first-order valence-electron chi connectivity index (χ1n) is 4.87. The Kier molecular flexibility index (Phi) is 7.10. The van der Waals surface area contributed by atoms with E-state index in [1.165, 1.54) is 0 Å². The fourth-order valence-corrected chi connectivity index (χ4v) is 1.60. The Labute approximate surface area is 106 Å². The van der Waals surface area contributed by atoms with Gasteiger partial charge in [0.2, 0.25) is 0 Å². The van der Waals surface area contributed by atoms with Crippen molar-refractivity contribution in [3.8, 4) is 0 Å². The highest BCUT2D eigenvalue weighted by atomic mass is 32.2. The number of carboxylic acids is 2. The van der Waals surface area contributed by atoms with E-state index in [0.29, 0.717) is 5.25 Å². The van der Waals surface area contributed by atoms with Crippen LogP contribution in [0.2, 0.25) is 0 Å². The van der Waals surface area contributed by atoms with Crippen LogP contribution >= 0.6 is 0 Å². The van der Waals surface area contributed by atoms with Crippen LogP contribution in [0.15, 0.2) is 23.6 Å². The van der Waals surface area contributed by atoms with Crippen LogP contribution in [0.3, 0.4) is 0 Å². The lowest BCUT2D eigenvalue weighted by atomic mass is 10.2. The summed E-state index contributed by atoms with van der Waals surface area (Å²) in [6.45, 7) is 2.07. The van der Waals surface area contributed by atoms with Crippen molar-refractivity contribution in [2.45, 2.75) is 24.4 Å². The lowest BCUT2D eigenvalue weighted by molar-refractivity contribution is -0.165. The molecule has 4 atom stereocenters. The van der Waals surface area contributed by atoms with Gasteiger partial charge in [0.05, 0.1) is 0 Å². The highest BCUT2D eigenvalue weighted by Crippen LogP contribution is 2.05. The van der Waals surface area contributed by atoms with Crippen molar-refractivity contribution >= 4 is 22.6 Å². The molecule has 0 fully saturated rings. The number of hydrogen-bond acceptors (Lipinski definition) is 5. The summed E-state index contributed by atoms with van der Waals surface area (Å²) in [4.78, 5) is 19.5. The number of rotatable bonds is 3. The molecular weight excluding hydrogens is 262 g/mol. The quantitative estimate of drug-likeness (QED) is 0.480. The maximum absolute atomic E-state index is 9.77. The van der Waals surface area contributed by atoms with Gasteiger partial charge in [0.15, 0.2) is 12.2 Å². The van der Waals surface area contributed by atoms with E-state index < -0.39 is 24.1 Å². The monoisotopic (exact) mass is 277 g/mol. The summed E-state index contributed by atoms with van der Waals surface area (Å²) in [5, 5.41) is 34.9. The topological polar surface area (TPSA) is 139 Å². The van der Waals surface area contributed by atoms with Crippen molar-refractivity contribution in [3.05, 3.63) is 23.6 Å². The number of aliphatic hydroxyl groups is 2. The predicted molar refractivity (Wildman–Crippen MR) is 65.1 cm³/mol. The van der Waals surface area contributed by atoms with Crippen LogP contribution < -0.4 is 0 Å². The smallest absolute Gasteiger partial charge is 0.335 e. The van der Waals surface area contributed by atoms with Crippen LogP contribution in [0, 0.1) is 4.78 Å². The number of nitrogens with one attached hydrogen (secondary N) is 1. The minimum absolute atomic E-state index is 0.252. The van der Waals surface area contributed by atoms with Crippen LogP contribution in [-0.2, 0) is 20.3 Å². The van der Waals surface area contributed by atoms with E-state index in [1.54, 1.807) is 0 Å². The maximum Gasteiger partial charge on any atom is 0.335 e. The Hall–Kier alpha value is -1.51. The maximum atomic E-state index is 9.77. The van der Waals surface area contributed by atoms with E-state index >= 15 is 0 Å². The lowest BCUT2D eigenvalue weighted by Gasteiger charge is -2.07. The first kappa shape index (κ1) is 16.5. The molecule has 0 amide bonds. The summed E-state index contributed by atoms with van der Waals surface area (Å²) < 4.78 is 7.37. The number of aliphatic carboxylic acids is 2. The minimum Gasteiger partial charge on any atom is -0.479 e. The summed E-state index contributed by atoms with van der Waals surface area (Å²) in [6.07, 6.45) is 1.48. The lowest BCUT2D eigenvalue weighted by Crippen LogP contribution is -2.39. The molecule has 18 heavy (non-hydrogen) atoms. The molecule has 5 N–H and O–H groups in total.